The Bertz CT molecular complexity index is 716. The third kappa shape index (κ3) is 2.51. The van der Waals surface area contributed by atoms with Gasteiger partial charge in [0.05, 0.1) is 12.9 Å². The molecule has 0 amide bonds. The van der Waals surface area contributed by atoms with Gasteiger partial charge in [0.2, 0.25) is 0 Å². The minimum Gasteiger partial charge on any atom is -0.313 e. The smallest absolute Gasteiger partial charge is 0.182 e. The van der Waals surface area contributed by atoms with E-state index in [9.17, 15) is 4.79 Å². The number of rotatable bonds is 3. The third-order valence-electron chi connectivity index (χ3n) is 2.70. The highest BCUT2D eigenvalue weighted by molar-refractivity contribution is 5.96. The van der Waals surface area contributed by atoms with Gasteiger partial charge in [-0.25, -0.2) is 4.98 Å². The Morgan fingerprint density at radius 2 is 2.16 bits per heavy atom. The van der Waals surface area contributed by atoms with Crippen molar-refractivity contribution in [2.75, 3.05) is 0 Å². The van der Waals surface area contributed by atoms with E-state index in [-0.39, 0.29) is 23.7 Å². The summed E-state index contributed by atoms with van der Waals surface area (Å²) in [6.45, 7) is 1.91. The van der Waals surface area contributed by atoms with Crippen molar-refractivity contribution in [2.45, 2.75) is 13.5 Å². The summed E-state index contributed by atoms with van der Waals surface area (Å²) in [7, 11) is 0. The lowest BCUT2D eigenvalue weighted by Crippen LogP contribution is -2.11. The number of hydrogen-bond donors (Lipinski definition) is 0. The van der Waals surface area contributed by atoms with Gasteiger partial charge in [-0.05, 0) is 13.0 Å². The number of carbonyl (C=O) groups is 1. The van der Waals surface area contributed by atoms with Gasteiger partial charge in [0.1, 0.15) is 12.1 Å². The van der Waals surface area contributed by atoms with E-state index < -0.39 is 0 Å². The number of carbonyl (C=O) groups excluding carboxylic acids is 1. The Hall–Kier alpha value is -2.92. The predicted molar refractivity (Wildman–Crippen MR) is 67.2 cm³/mol. The molecule has 1 heterocycles. The largest absolute Gasteiger partial charge is 0.313 e. The van der Waals surface area contributed by atoms with Gasteiger partial charge in [-0.3, -0.25) is 4.79 Å². The number of hydrogen-bond acceptors (Lipinski definition) is 4. The van der Waals surface area contributed by atoms with Gasteiger partial charge in [0.25, 0.3) is 0 Å². The van der Waals surface area contributed by atoms with Crippen LogP contribution in [0.1, 0.15) is 27.3 Å². The van der Waals surface area contributed by atoms with Gasteiger partial charge >= 0.3 is 0 Å². The van der Waals surface area contributed by atoms with E-state index in [1.807, 2.05) is 31.2 Å². The van der Waals surface area contributed by atoms with Crippen LogP contribution >= 0.6 is 0 Å². The van der Waals surface area contributed by atoms with Crippen LogP contribution in [0.2, 0.25) is 0 Å². The summed E-state index contributed by atoms with van der Waals surface area (Å²) in [5.41, 5.74) is 1.73. The Balaban J connectivity index is 2.28. The number of nitrogens with zero attached hydrogens (tertiary/aromatic N) is 4. The van der Waals surface area contributed by atoms with Gasteiger partial charge in [0, 0.05) is 5.56 Å². The van der Waals surface area contributed by atoms with Crippen molar-refractivity contribution in [3.05, 3.63) is 53.1 Å². The van der Waals surface area contributed by atoms with Crippen LogP contribution in [0.4, 0.5) is 0 Å². The minimum absolute atomic E-state index is 0.00102. The van der Waals surface area contributed by atoms with Gasteiger partial charge in [-0.2, -0.15) is 10.5 Å². The fourth-order valence-corrected chi connectivity index (χ4v) is 1.77. The van der Waals surface area contributed by atoms with Crippen molar-refractivity contribution in [1.29, 1.82) is 10.5 Å². The summed E-state index contributed by atoms with van der Waals surface area (Å²) in [6, 6.07) is 10.9. The zero-order valence-electron chi connectivity index (χ0n) is 10.3. The highest BCUT2D eigenvalue weighted by Gasteiger charge is 2.13. The van der Waals surface area contributed by atoms with Crippen LogP contribution in [0.5, 0.6) is 0 Å². The highest BCUT2D eigenvalue weighted by Crippen LogP contribution is 2.09. The summed E-state index contributed by atoms with van der Waals surface area (Å²) in [5, 5.41) is 17.8. The summed E-state index contributed by atoms with van der Waals surface area (Å²) in [4.78, 5) is 15.9. The monoisotopic (exact) mass is 250 g/mol. The second-order valence-electron chi connectivity index (χ2n) is 4.09. The molecule has 2 rings (SSSR count). The van der Waals surface area contributed by atoms with Gasteiger partial charge in [0.15, 0.2) is 17.2 Å². The Morgan fingerprint density at radius 1 is 1.37 bits per heavy atom. The summed E-state index contributed by atoms with van der Waals surface area (Å²) < 4.78 is 1.39. The number of nitriles is 2. The van der Waals surface area contributed by atoms with Crippen LogP contribution in [0.15, 0.2) is 30.6 Å². The maximum Gasteiger partial charge on any atom is 0.182 e. The van der Waals surface area contributed by atoms with Crippen molar-refractivity contribution >= 4 is 5.78 Å². The predicted octanol–water partition coefficient (Wildman–Crippen LogP) is 1.82. The average molecular weight is 250 g/mol. The van der Waals surface area contributed by atoms with E-state index in [1.54, 1.807) is 12.1 Å². The average Bonchev–Trinajstić information content (AvgIpc) is 2.80. The molecule has 0 saturated carbocycles. The van der Waals surface area contributed by atoms with Crippen LogP contribution in [-0.2, 0) is 6.54 Å². The molecular formula is C14H10N4O. The van der Waals surface area contributed by atoms with Crippen molar-refractivity contribution in [3.8, 4) is 12.1 Å². The number of Topliss-reactive ketones (excluding diaryl/α,β-unsaturated/α-hetero) is 1. The first-order chi connectivity index (χ1) is 9.15. The molecule has 2 aromatic rings. The minimum atomic E-state index is -0.123. The van der Waals surface area contributed by atoms with E-state index >= 15 is 0 Å². The molecule has 0 N–H and O–H groups in total. The highest BCUT2D eigenvalue weighted by atomic mass is 16.1. The van der Waals surface area contributed by atoms with Crippen molar-refractivity contribution in [1.82, 2.24) is 9.55 Å². The molecule has 0 spiro atoms. The zero-order valence-corrected chi connectivity index (χ0v) is 10.3. The third-order valence-corrected chi connectivity index (χ3v) is 2.70. The van der Waals surface area contributed by atoms with E-state index in [1.165, 1.54) is 10.9 Å². The summed E-state index contributed by atoms with van der Waals surface area (Å²) in [5.74, 6) is -0.123. The molecule has 0 aliphatic rings. The fraction of sp³-hybridized carbons (Fsp3) is 0.143. The van der Waals surface area contributed by atoms with E-state index in [0.717, 1.165) is 5.56 Å². The maximum atomic E-state index is 12.1. The van der Waals surface area contributed by atoms with Crippen LogP contribution < -0.4 is 0 Å². The van der Waals surface area contributed by atoms with Gasteiger partial charge in [-0.15, -0.1) is 0 Å². The van der Waals surface area contributed by atoms with Crippen LogP contribution in [-0.4, -0.2) is 15.3 Å². The lowest BCUT2D eigenvalue weighted by Gasteiger charge is -2.04. The first kappa shape index (κ1) is 12.5. The molecule has 1 aromatic heterocycles. The molecule has 0 atom stereocenters. The Labute approximate surface area is 110 Å². The molecular weight excluding hydrogens is 240 g/mol. The Kier molecular flexibility index (Phi) is 3.40. The number of ketones is 1. The van der Waals surface area contributed by atoms with E-state index in [2.05, 4.69) is 4.98 Å². The summed E-state index contributed by atoms with van der Waals surface area (Å²) in [6.07, 6.45) is 1.34. The first-order valence-electron chi connectivity index (χ1n) is 5.61. The van der Waals surface area contributed by atoms with Crippen molar-refractivity contribution in [3.63, 3.8) is 0 Å². The SMILES string of the molecule is Cc1cccc(C(=O)Cn2cnc(C#N)c2C#N)c1. The molecule has 0 radical (unpaired) electrons. The second-order valence-corrected chi connectivity index (χ2v) is 4.09. The molecule has 5 nitrogen and oxygen atoms in total. The summed E-state index contributed by atoms with van der Waals surface area (Å²) >= 11 is 0. The normalized spacial score (nSPS) is 9.63. The van der Waals surface area contributed by atoms with Crippen LogP contribution in [0.3, 0.4) is 0 Å². The first-order valence-corrected chi connectivity index (χ1v) is 5.61. The number of aromatic nitrogens is 2. The van der Waals surface area contributed by atoms with Crippen LogP contribution in [0, 0.1) is 29.6 Å². The molecule has 92 valence electrons. The lowest BCUT2D eigenvalue weighted by atomic mass is 10.1. The molecule has 0 aliphatic carbocycles. The molecule has 5 heteroatoms. The Morgan fingerprint density at radius 3 is 2.79 bits per heavy atom. The quantitative estimate of drug-likeness (QED) is 0.778. The standard InChI is InChI=1S/C14H10N4O/c1-10-3-2-4-11(5-10)14(19)8-18-9-17-12(6-15)13(18)7-16/h2-5,9H,8H2,1H3. The topological polar surface area (TPSA) is 82.5 Å². The zero-order chi connectivity index (χ0) is 13.8. The van der Waals surface area contributed by atoms with Crippen LogP contribution in [0.25, 0.3) is 0 Å². The molecule has 0 saturated heterocycles. The maximum absolute atomic E-state index is 12.1. The molecule has 0 bridgehead atoms. The number of benzene rings is 1. The molecule has 19 heavy (non-hydrogen) atoms. The fourth-order valence-electron chi connectivity index (χ4n) is 1.77. The lowest BCUT2D eigenvalue weighted by molar-refractivity contribution is 0.0971. The van der Waals surface area contributed by atoms with Crippen molar-refractivity contribution < 1.29 is 4.79 Å². The number of aryl methyl sites for hydroxylation is 1. The van der Waals surface area contributed by atoms with Crippen molar-refractivity contribution in [2.24, 2.45) is 0 Å². The van der Waals surface area contributed by atoms with Gasteiger partial charge in [-0.1, -0.05) is 23.8 Å². The molecule has 0 unspecified atom stereocenters. The molecule has 1 aromatic carbocycles. The molecule has 0 aliphatic heterocycles. The van der Waals surface area contributed by atoms with Gasteiger partial charge < -0.3 is 4.57 Å². The van der Waals surface area contributed by atoms with E-state index in [0.29, 0.717) is 5.56 Å². The molecule has 0 fully saturated rings. The second kappa shape index (κ2) is 5.16. The number of imidazole rings is 1. The van der Waals surface area contributed by atoms with E-state index in [4.69, 9.17) is 10.5 Å².